The molecule has 0 bridgehead atoms. The molecule has 0 fully saturated rings. The molecule has 0 aliphatic rings. The van der Waals surface area contributed by atoms with E-state index in [2.05, 4.69) is 18.0 Å². The van der Waals surface area contributed by atoms with Gasteiger partial charge in [0.05, 0.1) is 19.8 Å². The Labute approximate surface area is 200 Å². The molecule has 0 saturated carbocycles. The molecule has 1 atom stereocenters. The van der Waals surface area contributed by atoms with Crippen LogP contribution in [0.15, 0.2) is 48.7 Å². The summed E-state index contributed by atoms with van der Waals surface area (Å²) < 4.78 is 15.9. The molecule has 34 heavy (non-hydrogen) atoms. The van der Waals surface area contributed by atoms with Crippen molar-refractivity contribution < 1.29 is 23.8 Å². The van der Waals surface area contributed by atoms with Gasteiger partial charge < -0.3 is 19.2 Å². The van der Waals surface area contributed by atoms with Gasteiger partial charge in [0.15, 0.2) is 0 Å². The Hall–Kier alpha value is -3.54. The highest BCUT2D eigenvalue weighted by Gasteiger charge is 2.22. The third-order valence-electron chi connectivity index (χ3n) is 5.54. The van der Waals surface area contributed by atoms with Crippen molar-refractivity contribution in [2.24, 2.45) is 0 Å². The summed E-state index contributed by atoms with van der Waals surface area (Å²) >= 11 is 0. The zero-order valence-electron chi connectivity index (χ0n) is 20.7. The standard InChI is InChI=1S/C28H33NO5/c1-7-8-20(21-12-11-19(27(31)33-6)16-25(21)32-5)23-17-29-24-13-9-18(15-22(23)24)10-14-26(30)34-28(2,3)4/h9-17,20,29H,7-8H2,1-6H3/b14-10+. The Balaban J connectivity index is 2.01. The summed E-state index contributed by atoms with van der Waals surface area (Å²) in [7, 11) is 2.97. The van der Waals surface area contributed by atoms with Crippen LogP contribution in [-0.2, 0) is 14.3 Å². The fourth-order valence-electron chi connectivity index (χ4n) is 4.06. The summed E-state index contributed by atoms with van der Waals surface area (Å²) in [6, 6.07) is 11.5. The summed E-state index contributed by atoms with van der Waals surface area (Å²) in [5.74, 6) is -0.0614. The summed E-state index contributed by atoms with van der Waals surface area (Å²) in [5, 5.41) is 1.07. The molecule has 0 aliphatic carbocycles. The quantitative estimate of drug-likeness (QED) is 0.316. The topological polar surface area (TPSA) is 77.6 Å². The number of esters is 2. The maximum atomic E-state index is 12.1. The van der Waals surface area contributed by atoms with E-state index in [4.69, 9.17) is 14.2 Å². The first-order valence-corrected chi connectivity index (χ1v) is 11.4. The van der Waals surface area contributed by atoms with Crippen LogP contribution >= 0.6 is 0 Å². The van der Waals surface area contributed by atoms with Gasteiger partial charge in [-0.3, -0.25) is 0 Å². The zero-order valence-corrected chi connectivity index (χ0v) is 20.7. The lowest BCUT2D eigenvalue weighted by atomic mass is 9.86. The second kappa shape index (κ2) is 10.6. The number of benzene rings is 2. The first-order chi connectivity index (χ1) is 16.2. The average Bonchev–Trinajstić information content (AvgIpc) is 3.22. The minimum Gasteiger partial charge on any atom is -0.496 e. The van der Waals surface area contributed by atoms with Gasteiger partial charge in [0.2, 0.25) is 0 Å². The fraction of sp³-hybridized carbons (Fsp3) is 0.357. The van der Waals surface area contributed by atoms with Crippen molar-refractivity contribution >= 4 is 28.9 Å². The van der Waals surface area contributed by atoms with Crippen molar-refractivity contribution in [3.63, 3.8) is 0 Å². The molecule has 0 radical (unpaired) electrons. The second-order valence-electron chi connectivity index (χ2n) is 9.21. The molecule has 1 heterocycles. The van der Waals surface area contributed by atoms with E-state index in [-0.39, 0.29) is 11.9 Å². The minimum atomic E-state index is -0.533. The van der Waals surface area contributed by atoms with Crippen LogP contribution in [-0.4, -0.2) is 36.7 Å². The van der Waals surface area contributed by atoms with Crippen LogP contribution in [0.25, 0.3) is 17.0 Å². The molecule has 0 spiro atoms. The van der Waals surface area contributed by atoms with E-state index in [0.29, 0.717) is 11.3 Å². The smallest absolute Gasteiger partial charge is 0.337 e. The van der Waals surface area contributed by atoms with Crippen LogP contribution in [0.4, 0.5) is 0 Å². The number of hydrogen-bond acceptors (Lipinski definition) is 5. The molecule has 3 aromatic rings. The lowest BCUT2D eigenvalue weighted by Crippen LogP contribution is -2.22. The monoisotopic (exact) mass is 463 g/mol. The Morgan fingerprint density at radius 2 is 1.82 bits per heavy atom. The number of nitrogens with one attached hydrogen (secondary N) is 1. The SMILES string of the molecule is CCCC(c1ccc(C(=O)OC)cc1OC)c1c[nH]c2ccc(/C=C/C(=O)OC(C)(C)C)cc12. The number of carbonyl (C=O) groups is 2. The van der Waals surface area contributed by atoms with E-state index >= 15 is 0 Å². The summed E-state index contributed by atoms with van der Waals surface area (Å²) in [5.41, 5.74) is 3.97. The van der Waals surface area contributed by atoms with Crippen LogP contribution in [0.3, 0.4) is 0 Å². The lowest BCUT2D eigenvalue weighted by Gasteiger charge is -2.20. The highest BCUT2D eigenvalue weighted by molar-refractivity contribution is 5.91. The molecule has 180 valence electrons. The number of fused-ring (bicyclic) bond motifs is 1. The summed E-state index contributed by atoms with van der Waals surface area (Å²) in [6.07, 6.45) is 7.12. The lowest BCUT2D eigenvalue weighted by molar-refractivity contribution is -0.148. The average molecular weight is 464 g/mol. The van der Waals surface area contributed by atoms with Crippen molar-refractivity contribution in [3.05, 3.63) is 70.9 Å². The van der Waals surface area contributed by atoms with Crippen molar-refractivity contribution in [1.29, 1.82) is 0 Å². The Kier molecular flexibility index (Phi) is 7.82. The Morgan fingerprint density at radius 1 is 1.06 bits per heavy atom. The molecule has 6 nitrogen and oxygen atoms in total. The molecule has 2 aromatic carbocycles. The number of aromatic nitrogens is 1. The van der Waals surface area contributed by atoms with Crippen LogP contribution in [0.5, 0.6) is 5.75 Å². The predicted molar refractivity (Wildman–Crippen MR) is 134 cm³/mol. The molecule has 1 N–H and O–H groups in total. The van der Waals surface area contributed by atoms with Gasteiger partial charge in [-0.2, -0.15) is 0 Å². The number of aromatic amines is 1. The van der Waals surface area contributed by atoms with Gasteiger partial charge in [-0.15, -0.1) is 0 Å². The molecule has 0 aliphatic heterocycles. The van der Waals surface area contributed by atoms with Crippen molar-refractivity contribution in [2.75, 3.05) is 14.2 Å². The zero-order chi connectivity index (χ0) is 24.9. The maximum Gasteiger partial charge on any atom is 0.337 e. The van der Waals surface area contributed by atoms with Gasteiger partial charge in [-0.25, -0.2) is 9.59 Å². The first-order valence-electron chi connectivity index (χ1n) is 11.4. The number of H-pyrrole nitrogens is 1. The van der Waals surface area contributed by atoms with Gasteiger partial charge in [-0.1, -0.05) is 25.5 Å². The molecule has 1 unspecified atom stereocenters. The van der Waals surface area contributed by atoms with E-state index in [1.165, 1.54) is 13.2 Å². The number of carbonyl (C=O) groups excluding carboxylic acids is 2. The molecule has 6 heteroatoms. The van der Waals surface area contributed by atoms with Gasteiger partial charge in [0.1, 0.15) is 11.4 Å². The highest BCUT2D eigenvalue weighted by atomic mass is 16.6. The minimum absolute atomic E-state index is 0.0606. The normalized spacial score (nSPS) is 12.6. The van der Waals surface area contributed by atoms with E-state index in [1.54, 1.807) is 25.3 Å². The predicted octanol–water partition coefficient (Wildman–Crippen LogP) is 6.25. The highest BCUT2D eigenvalue weighted by Crippen LogP contribution is 2.39. The van der Waals surface area contributed by atoms with E-state index in [9.17, 15) is 9.59 Å². The molecule has 0 amide bonds. The number of methoxy groups -OCH3 is 2. The Morgan fingerprint density at radius 3 is 2.47 bits per heavy atom. The maximum absolute atomic E-state index is 12.1. The van der Waals surface area contributed by atoms with Gasteiger partial charge in [0, 0.05) is 34.7 Å². The molecular formula is C28H33NO5. The number of ether oxygens (including phenoxy) is 3. The molecule has 1 aromatic heterocycles. The summed E-state index contributed by atoms with van der Waals surface area (Å²) in [6.45, 7) is 7.68. The van der Waals surface area contributed by atoms with Crippen molar-refractivity contribution in [1.82, 2.24) is 4.98 Å². The number of rotatable bonds is 8. The second-order valence-corrected chi connectivity index (χ2v) is 9.21. The van der Waals surface area contributed by atoms with E-state index in [1.807, 2.05) is 45.2 Å². The largest absolute Gasteiger partial charge is 0.496 e. The molecule has 0 saturated heterocycles. The third-order valence-corrected chi connectivity index (χ3v) is 5.54. The Bertz CT molecular complexity index is 1200. The van der Waals surface area contributed by atoms with Crippen LogP contribution < -0.4 is 4.74 Å². The number of hydrogen-bond donors (Lipinski definition) is 1. The first kappa shape index (κ1) is 25.1. The van der Waals surface area contributed by atoms with E-state index in [0.717, 1.165) is 40.4 Å². The molecular weight excluding hydrogens is 430 g/mol. The van der Waals surface area contributed by atoms with Gasteiger partial charge in [0.25, 0.3) is 0 Å². The van der Waals surface area contributed by atoms with Gasteiger partial charge >= 0.3 is 11.9 Å². The molecule has 3 rings (SSSR count). The van der Waals surface area contributed by atoms with E-state index < -0.39 is 11.6 Å². The third kappa shape index (κ3) is 5.87. The van der Waals surface area contributed by atoms with Crippen LogP contribution in [0.1, 0.15) is 73.5 Å². The van der Waals surface area contributed by atoms with Crippen LogP contribution in [0, 0.1) is 0 Å². The van der Waals surface area contributed by atoms with Crippen molar-refractivity contribution in [3.8, 4) is 5.75 Å². The fourth-order valence-corrected chi connectivity index (χ4v) is 4.06. The summed E-state index contributed by atoms with van der Waals surface area (Å²) in [4.78, 5) is 27.5. The van der Waals surface area contributed by atoms with Gasteiger partial charge in [-0.05, 0) is 68.7 Å². The van der Waals surface area contributed by atoms with Crippen molar-refractivity contribution in [2.45, 2.75) is 52.1 Å². The van der Waals surface area contributed by atoms with Crippen LogP contribution in [0.2, 0.25) is 0 Å².